The van der Waals surface area contributed by atoms with Gasteiger partial charge in [-0.2, -0.15) is 0 Å². The Kier molecular flexibility index (Phi) is 7.59. The molecule has 0 amide bonds. The van der Waals surface area contributed by atoms with E-state index in [0.717, 1.165) is 6.54 Å². The van der Waals surface area contributed by atoms with Crippen molar-refractivity contribution in [2.75, 3.05) is 13.1 Å². The number of nitrogens with zero attached hydrogens (tertiary/aromatic N) is 1. The molecule has 0 aromatic carbocycles. The molecule has 2 aliphatic rings. The summed E-state index contributed by atoms with van der Waals surface area (Å²) in [5, 5.41) is 0. The van der Waals surface area contributed by atoms with Crippen molar-refractivity contribution in [3.63, 3.8) is 0 Å². The minimum absolute atomic E-state index is 1.12. The third-order valence-corrected chi connectivity index (χ3v) is 4.34. The van der Waals surface area contributed by atoms with Gasteiger partial charge in [-0.1, -0.05) is 50.0 Å². The van der Waals surface area contributed by atoms with E-state index in [0.29, 0.717) is 0 Å². The summed E-state index contributed by atoms with van der Waals surface area (Å²) in [5.41, 5.74) is 1.54. The molecule has 2 aliphatic heterocycles. The number of rotatable bonds is 0. The number of fused-ring (bicyclic) bond motifs is 1. The fourth-order valence-corrected chi connectivity index (χ4v) is 3.08. The van der Waals surface area contributed by atoms with Crippen LogP contribution in [0.15, 0.2) is 36.1 Å². The van der Waals surface area contributed by atoms with Crippen molar-refractivity contribution < 1.29 is 0 Å². The second kappa shape index (κ2) is 9.85. The molecule has 0 fully saturated rings. The van der Waals surface area contributed by atoms with Crippen LogP contribution in [-0.2, 0) is 0 Å². The summed E-state index contributed by atoms with van der Waals surface area (Å²) >= 11 is 0. The topological polar surface area (TPSA) is 3.24 Å². The van der Waals surface area contributed by atoms with Gasteiger partial charge in [0.05, 0.1) is 0 Å². The lowest BCUT2D eigenvalue weighted by atomic mass is 10.0. The van der Waals surface area contributed by atoms with Crippen LogP contribution in [-0.4, -0.2) is 18.0 Å². The third-order valence-electron chi connectivity index (χ3n) is 4.34. The summed E-state index contributed by atoms with van der Waals surface area (Å²) in [6, 6.07) is 0. The molecule has 1 nitrogen and oxygen atoms in total. The van der Waals surface area contributed by atoms with E-state index in [1.54, 1.807) is 5.57 Å². The highest BCUT2D eigenvalue weighted by molar-refractivity contribution is 5.22. The van der Waals surface area contributed by atoms with Crippen LogP contribution in [0.4, 0.5) is 0 Å². The Morgan fingerprint density at radius 3 is 2.20 bits per heavy atom. The quantitative estimate of drug-likeness (QED) is 0.519. The summed E-state index contributed by atoms with van der Waals surface area (Å²) in [7, 11) is 0. The van der Waals surface area contributed by atoms with Crippen molar-refractivity contribution in [1.29, 1.82) is 0 Å². The molecule has 0 N–H and O–H groups in total. The molecule has 2 rings (SSSR count). The maximum Gasteiger partial charge on any atom is 0.0357 e. The average molecular weight is 273 g/mol. The first-order valence-corrected chi connectivity index (χ1v) is 8.71. The lowest BCUT2D eigenvalue weighted by Crippen LogP contribution is -2.21. The number of allylic oxidation sites excluding steroid dienone is 4. The van der Waals surface area contributed by atoms with Crippen molar-refractivity contribution in [3.8, 4) is 0 Å². The molecule has 0 saturated heterocycles. The van der Waals surface area contributed by atoms with Crippen molar-refractivity contribution in [1.82, 2.24) is 4.90 Å². The van der Waals surface area contributed by atoms with Gasteiger partial charge in [-0.05, 0) is 50.5 Å². The highest BCUT2D eigenvalue weighted by Crippen LogP contribution is 2.17. The second-order valence-electron chi connectivity index (χ2n) is 6.23. The Hall–Kier alpha value is -0.980. The van der Waals surface area contributed by atoms with E-state index >= 15 is 0 Å². The van der Waals surface area contributed by atoms with Crippen molar-refractivity contribution in [2.45, 2.75) is 70.6 Å². The van der Waals surface area contributed by atoms with E-state index in [1.165, 1.54) is 77.2 Å². The van der Waals surface area contributed by atoms with Crippen molar-refractivity contribution in [3.05, 3.63) is 36.1 Å². The minimum Gasteiger partial charge on any atom is -0.373 e. The zero-order chi connectivity index (χ0) is 13.9. The highest BCUT2D eigenvalue weighted by Gasteiger charge is 2.05. The molecule has 0 aromatic rings. The van der Waals surface area contributed by atoms with E-state index < -0.39 is 0 Å². The van der Waals surface area contributed by atoms with Gasteiger partial charge in [0.15, 0.2) is 0 Å². The molecule has 2 bridgehead atoms. The lowest BCUT2D eigenvalue weighted by Gasteiger charge is -2.23. The fourth-order valence-electron chi connectivity index (χ4n) is 3.08. The normalized spacial score (nSPS) is 23.2. The first-order valence-electron chi connectivity index (χ1n) is 8.71. The molecule has 2 heterocycles. The molecule has 0 unspecified atom stereocenters. The Bertz CT molecular complexity index is 338. The van der Waals surface area contributed by atoms with E-state index in [9.17, 15) is 0 Å². The Labute approximate surface area is 125 Å². The van der Waals surface area contributed by atoms with Gasteiger partial charge in [0.25, 0.3) is 0 Å². The van der Waals surface area contributed by atoms with Crippen LogP contribution in [0.3, 0.4) is 0 Å². The van der Waals surface area contributed by atoms with E-state index in [4.69, 9.17) is 0 Å². The van der Waals surface area contributed by atoms with Crippen LogP contribution >= 0.6 is 0 Å². The van der Waals surface area contributed by atoms with Gasteiger partial charge in [0.2, 0.25) is 0 Å². The van der Waals surface area contributed by atoms with Crippen molar-refractivity contribution in [2.24, 2.45) is 0 Å². The summed E-state index contributed by atoms with van der Waals surface area (Å²) in [4.78, 5) is 2.51. The SMILES string of the molecule is C1=CCCCCCCN2C=C(C=CC2)CCCCCC1. The molecule has 20 heavy (non-hydrogen) atoms. The Balaban J connectivity index is 1.78. The maximum absolute atomic E-state index is 2.51. The summed E-state index contributed by atoms with van der Waals surface area (Å²) in [6.45, 7) is 2.36. The van der Waals surface area contributed by atoms with Crippen LogP contribution in [0.2, 0.25) is 0 Å². The van der Waals surface area contributed by atoms with Crippen LogP contribution in [0.5, 0.6) is 0 Å². The molecular weight excluding hydrogens is 242 g/mol. The molecule has 0 spiro atoms. The van der Waals surface area contributed by atoms with E-state index in [-0.39, 0.29) is 0 Å². The van der Waals surface area contributed by atoms with Gasteiger partial charge in [0, 0.05) is 19.3 Å². The van der Waals surface area contributed by atoms with Gasteiger partial charge in [0.1, 0.15) is 0 Å². The molecule has 0 atom stereocenters. The molecule has 0 radical (unpaired) electrons. The molecule has 1 heteroatoms. The third kappa shape index (κ3) is 6.45. The molecule has 112 valence electrons. The summed E-state index contributed by atoms with van der Waals surface area (Å²) in [6.07, 6.45) is 26.8. The summed E-state index contributed by atoms with van der Waals surface area (Å²) in [5.74, 6) is 0. The first kappa shape index (κ1) is 15.4. The fraction of sp³-hybridized carbons (Fsp3) is 0.684. The largest absolute Gasteiger partial charge is 0.373 e. The smallest absolute Gasteiger partial charge is 0.0357 e. The average Bonchev–Trinajstić information content (AvgIpc) is 2.47. The summed E-state index contributed by atoms with van der Waals surface area (Å²) < 4.78 is 0. The molecule has 0 aliphatic carbocycles. The minimum atomic E-state index is 1.12. The predicted molar refractivity (Wildman–Crippen MR) is 88.7 cm³/mol. The van der Waals surface area contributed by atoms with Gasteiger partial charge < -0.3 is 4.90 Å². The second-order valence-corrected chi connectivity index (χ2v) is 6.23. The highest BCUT2D eigenvalue weighted by atomic mass is 15.1. The number of hydrogen-bond donors (Lipinski definition) is 0. The maximum atomic E-state index is 2.51. The van der Waals surface area contributed by atoms with Crippen LogP contribution in [0, 0.1) is 0 Å². The van der Waals surface area contributed by atoms with Crippen LogP contribution in [0.1, 0.15) is 70.6 Å². The zero-order valence-corrected chi connectivity index (χ0v) is 13.0. The zero-order valence-electron chi connectivity index (χ0n) is 13.0. The first-order chi connectivity index (χ1) is 9.95. The molecule has 0 saturated carbocycles. The standard InChI is InChI=1S/C19H31N/c1-2-4-6-8-10-12-16-20-17-13-15-19(18-20)14-11-9-7-5-3-1/h1-2,13,15,18H,3-12,14,16-17H2. The van der Waals surface area contributed by atoms with Crippen molar-refractivity contribution >= 4 is 0 Å². The Morgan fingerprint density at radius 1 is 0.700 bits per heavy atom. The monoisotopic (exact) mass is 273 g/mol. The van der Waals surface area contributed by atoms with E-state index in [2.05, 4.69) is 35.4 Å². The predicted octanol–water partition coefficient (Wildman–Crippen LogP) is 5.60. The molecular formula is C19H31N. The number of hydrogen-bond acceptors (Lipinski definition) is 1. The van der Waals surface area contributed by atoms with Gasteiger partial charge >= 0.3 is 0 Å². The lowest BCUT2D eigenvalue weighted by molar-refractivity contribution is 0.389. The molecule has 0 aromatic heterocycles. The van der Waals surface area contributed by atoms with E-state index in [1.807, 2.05) is 0 Å². The van der Waals surface area contributed by atoms with Gasteiger partial charge in [-0.3, -0.25) is 0 Å². The van der Waals surface area contributed by atoms with Gasteiger partial charge in [-0.15, -0.1) is 0 Å². The van der Waals surface area contributed by atoms with Gasteiger partial charge in [-0.25, -0.2) is 0 Å². The Morgan fingerprint density at radius 2 is 1.40 bits per heavy atom. The van der Waals surface area contributed by atoms with Crippen LogP contribution < -0.4 is 0 Å². The van der Waals surface area contributed by atoms with Crippen LogP contribution in [0.25, 0.3) is 0 Å².